The Morgan fingerprint density at radius 2 is 2.18 bits per heavy atom. The predicted molar refractivity (Wildman–Crippen MR) is 60.0 cm³/mol. The molecule has 0 amide bonds. The number of halogens is 2. The van der Waals surface area contributed by atoms with Gasteiger partial charge in [0.05, 0.1) is 12.7 Å². The smallest absolute Gasteiger partial charge is 0.149 e. The van der Waals surface area contributed by atoms with Crippen LogP contribution in [-0.4, -0.2) is 19.2 Å². The summed E-state index contributed by atoms with van der Waals surface area (Å²) < 4.78 is 32.4. The molecule has 1 aromatic carbocycles. The van der Waals surface area contributed by atoms with E-state index in [1.807, 2.05) is 0 Å². The zero-order valence-electron chi connectivity index (χ0n) is 9.46. The minimum atomic E-state index is -1.21. The van der Waals surface area contributed by atoms with Gasteiger partial charge in [-0.1, -0.05) is 6.07 Å². The monoisotopic (exact) mass is 239 g/mol. The van der Waals surface area contributed by atoms with E-state index >= 15 is 0 Å². The zero-order chi connectivity index (χ0) is 11.8. The molecule has 17 heavy (non-hydrogen) atoms. The van der Waals surface area contributed by atoms with Crippen LogP contribution < -0.4 is 5.32 Å². The topological polar surface area (TPSA) is 21.3 Å². The van der Waals surface area contributed by atoms with Gasteiger partial charge in [-0.25, -0.2) is 8.78 Å². The van der Waals surface area contributed by atoms with Crippen LogP contribution >= 0.6 is 0 Å². The Morgan fingerprint density at radius 1 is 1.29 bits per heavy atom. The maximum atomic E-state index is 13.7. The second kappa shape index (κ2) is 4.35. The van der Waals surface area contributed by atoms with Gasteiger partial charge in [-0.15, -0.1) is 0 Å². The first-order valence-corrected chi connectivity index (χ1v) is 6.04. The lowest BCUT2D eigenvalue weighted by atomic mass is 9.91. The molecule has 0 bridgehead atoms. The number of ether oxygens (including phenoxy) is 1. The third-order valence-corrected chi connectivity index (χ3v) is 3.58. The highest BCUT2D eigenvalue weighted by molar-refractivity contribution is 5.34. The summed E-state index contributed by atoms with van der Waals surface area (Å²) in [7, 11) is 0. The van der Waals surface area contributed by atoms with E-state index < -0.39 is 6.17 Å². The molecule has 1 fully saturated rings. The summed E-state index contributed by atoms with van der Waals surface area (Å²) in [6.45, 7) is 0.999. The molecule has 1 saturated heterocycles. The van der Waals surface area contributed by atoms with Gasteiger partial charge < -0.3 is 10.1 Å². The van der Waals surface area contributed by atoms with Crippen LogP contribution in [0.3, 0.4) is 0 Å². The summed E-state index contributed by atoms with van der Waals surface area (Å²) in [5.41, 5.74) is 1.25. The Kier molecular flexibility index (Phi) is 2.84. The van der Waals surface area contributed by atoms with Crippen molar-refractivity contribution in [3.8, 4) is 0 Å². The molecular weight excluding hydrogens is 224 g/mol. The molecule has 3 rings (SSSR count). The van der Waals surface area contributed by atoms with Crippen LogP contribution in [0.2, 0.25) is 0 Å². The molecule has 1 aromatic rings. The number of alkyl halides is 1. The molecule has 0 spiro atoms. The van der Waals surface area contributed by atoms with E-state index in [1.165, 1.54) is 12.1 Å². The normalized spacial score (nSPS) is 32.5. The molecule has 0 aliphatic carbocycles. The van der Waals surface area contributed by atoms with Crippen molar-refractivity contribution in [2.75, 3.05) is 13.2 Å². The molecule has 2 heterocycles. The van der Waals surface area contributed by atoms with Crippen molar-refractivity contribution in [1.82, 2.24) is 5.32 Å². The van der Waals surface area contributed by atoms with Crippen LogP contribution in [0.25, 0.3) is 0 Å². The highest BCUT2D eigenvalue weighted by Crippen LogP contribution is 2.38. The van der Waals surface area contributed by atoms with Gasteiger partial charge in [-0.3, -0.25) is 0 Å². The fourth-order valence-electron chi connectivity index (χ4n) is 2.75. The molecule has 2 nitrogen and oxygen atoms in total. The third-order valence-electron chi connectivity index (χ3n) is 3.58. The van der Waals surface area contributed by atoms with Crippen LogP contribution in [-0.2, 0) is 4.74 Å². The average molecular weight is 239 g/mol. The summed E-state index contributed by atoms with van der Waals surface area (Å²) in [5.74, 6) is -0.383. The predicted octanol–water partition coefficient (Wildman–Crippen LogP) is 2.66. The lowest BCUT2D eigenvalue weighted by Gasteiger charge is -2.32. The molecule has 2 aliphatic rings. The summed E-state index contributed by atoms with van der Waals surface area (Å²) in [6.07, 6.45) is 0.789. The van der Waals surface area contributed by atoms with Gasteiger partial charge in [-0.2, -0.15) is 0 Å². The molecule has 2 aliphatic heterocycles. The number of fused-ring (bicyclic) bond motifs is 1. The van der Waals surface area contributed by atoms with Gasteiger partial charge >= 0.3 is 0 Å². The Balaban J connectivity index is 1.96. The standard InChI is InChI=1S/C13H15F2NO/c14-8-3-4-9-10(6-8)11(15)7-17-13(9)12-2-1-5-16-12/h3-4,6,11-13,16H,1-2,5,7H2. The van der Waals surface area contributed by atoms with Crippen molar-refractivity contribution in [3.05, 3.63) is 35.1 Å². The number of benzene rings is 1. The van der Waals surface area contributed by atoms with E-state index in [4.69, 9.17) is 4.74 Å². The number of hydrogen-bond donors (Lipinski definition) is 1. The summed E-state index contributed by atoms with van der Waals surface area (Å²) in [4.78, 5) is 0. The first kappa shape index (κ1) is 11.1. The highest BCUT2D eigenvalue weighted by atomic mass is 19.1. The largest absolute Gasteiger partial charge is 0.368 e. The van der Waals surface area contributed by atoms with Crippen molar-refractivity contribution < 1.29 is 13.5 Å². The van der Waals surface area contributed by atoms with Gasteiger partial charge in [0.1, 0.15) is 12.0 Å². The Bertz CT molecular complexity index is 418. The molecule has 92 valence electrons. The molecule has 0 aromatic heterocycles. The van der Waals surface area contributed by atoms with Crippen molar-refractivity contribution in [1.29, 1.82) is 0 Å². The van der Waals surface area contributed by atoms with Crippen molar-refractivity contribution >= 4 is 0 Å². The van der Waals surface area contributed by atoms with Gasteiger partial charge in [0.25, 0.3) is 0 Å². The Labute approximate surface area is 99.0 Å². The van der Waals surface area contributed by atoms with Gasteiger partial charge in [0.15, 0.2) is 0 Å². The van der Waals surface area contributed by atoms with Crippen LogP contribution in [0.15, 0.2) is 18.2 Å². The van der Waals surface area contributed by atoms with E-state index in [9.17, 15) is 8.78 Å². The van der Waals surface area contributed by atoms with E-state index in [2.05, 4.69) is 5.32 Å². The number of nitrogens with one attached hydrogen (secondary N) is 1. The molecule has 0 radical (unpaired) electrons. The van der Waals surface area contributed by atoms with Gasteiger partial charge in [0, 0.05) is 6.04 Å². The number of rotatable bonds is 1. The van der Waals surface area contributed by atoms with Crippen LogP contribution in [0.1, 0.15) is 36.2 Å². The lowest BCUT2D eigenvalue weighted by Crippen LogP contribution is -2.34. The fraction of sp³-hybridized carbons (Fsp3) is 0.538. The first-order valence-electron chi connectivity index (χ1n) is 6.04. The highest BCUT2D eigenvalue weighted by Gasteiger charge is 2.34. The quantitative estimate of drug-likeness (QED) is 0.813. The van der Waals surface area contributed by atoms with E-state index in [-0.39, 0.29) is 24.6 Å². The maximum Gasteiger partial charge on any atom is 0.149 e. The van der Waals surface area contributed by atoms with Crippen LogP contribution in [0.5, 0.6) is 0 Å². The summed E-state index contributed by atoms with van der Waals surface area (Å²) >= 11 is 0. The number of hydrogen-bond acceptors (Lipinski definition) is 2. The zero-order valence-corrected chi connectivity index (χ0v) is 9.46. The van der Waals surface area contributed by atoms with Gasteiger partial charge in [0.2, 0.25) is 0 Å². The average Bonchev–Trinajstić information content (AvgIpc) is 2.84. The van der Waals surface area contributed by atoms with Crippen molar-refractivity contribution in [2.45, 2.75) is 31.2 Å². The van der Waals surface area contributed by atoms with Gasteiger partial charge in [-0.05, 0) is 42.6 Å². The molecular formula is C13H15F2NO. The second-order valence-corrected chi connectivity index (χ2v) is 4.70. The molecule has 3 unspecified atom stereocenters. The summed E-state index contributed by atoms with van der Waals surface area (Å²) in [5, 5.41) is 3.36. The molecule has 1 N–H and O–H groups in total. The van der Waals surface area contributed by atoms with Crippen LogP contribution in [0.4, 0.5) is 8.78 Å². The molecule has 0 saturated carbocycles. The third kappa shape index (κ3) is 1.96. The van der Waals surface area contributed by atoms with E-state index in [1.54, 1.807) is 6.07 Å². The SMILES string of the molecule is Fc1ccc2c(c1)C(F)COC2C1CCCN1. The second-order valence-electron chi connectivity index (χ2n) is 4.70. The lowest BCUT2D eigenvalue weighted by molar-refractivity contribution is -0.0180. The Hall–Kier alpha value is -1.00. The van der Waals surface area contributed by atoms with E-state index in [0.29, 0.717) is 5.56 Å². The van der Waals surface area contributed by atoms with Crippen molar-refractivity contribution in [3.63, 3.8) is 0 Å². The fourth-order valence-corrected chi connectivity index (χ4v) is 2.75. The van der Waals surface area contributed by atoms with Crippen molar-refractivity contribution in [2.24, 2.45) is 0 Å². The molecule has 3 atom stereocenters. The minimum absolute atomic E-state index is 0.0271. The Morgan fingerprint density at radius 3 is 2.94 bits per heavy atom. The molecule has 4 heteroatoms. The van der Waals surface area contributed by atoms with E-state index in [0.717, 1.165) is 24.9 Å². The maximum absolute atomic E-state index is 13.7. The summed E-state index contributed by atoms with van der Waals surface area (Å²) in [6, 6.07) is 4.56. The minimum Gasteiger partial charge on any atom is -0.368 e. The first-order chi connectivity index (χ1) is 8.25. The van der Waals surface area contributed by atoms with Crippen LogP contribution in [0, 0.1) is 5.82 Å².